The molecule has 1 rings (SSSR count). The summed E-state index contributed by atoms with van der Waals surface area (Å²) in [4.78, 5) is 0.184. The normalized spacial score (nSPS) is 15.2. The second-order valence-corrected chi connectivity index (χ2v) is 7.27. The van der Waals surface area contributed by atoms with Crippen molar-refractivity contribution in [1.29, 1.82) is 0 Å². The first-order chi connectivity index (χ1) is 8.87. The molecule has 0 saturated heterocycles. The molecular weight excluding hydrogens is 265 g/mol. The molecule has 5 heteroatoms. The van der Waals surface area contributed by atoms with E-state index < -0.39 is 20.9 Å². The minimum absolute atomic E-state index is 0.144. The second kappa shape index (κ2) is 7.01. The monoisotopic (exact) mass is 287 g/mol. The van der Waals surface area contributed by atoms with Crippen LogP contribution in [0.2, 0.25) is 0 Å². The highest BCUT2D eigenvalue weighted by atomic mass is 32.2. The Balaban J connectivity index is 2.74. The first-order valence-electron chi connectivity index (χ1n) is 6.60. The van der Waals surface area contributed by atoms with Crippen molar-refractivity contribution in [3.63, 3.8) is 0 Å². The van der Waals surface area contributed by atoms with E-state index in [9.17, 15) is 12.8 Å². The van der Waals surface area contributed by atoms with E-state index in [-0.39, 0.29) is 10.9 Å². The maximum Gasteiger partial charge on any atom is 0.181 e. The molecule has 0 aliphatic heterocycles. The van der Waals surface area contributed by atoms with Gasteiger partial charge in [0, 0.05) is 6.04 Å². The molecule has 0 aromatic heterocycles. The van der Waals surface area contributed by atoms with E-state index in [4.69, 9.17) is 0 Å². The topological polar surface area (TPSA) is 46.2 Å². The van der Waals surface area contributed by atoms with Crippen LogP contribution in [0, 0.1) is 5.82 Å². The molecule has 2 unspecified atom stereocenters. The number of sulfone groups is 1. The van der Waals surface area contributed by atoms with E-state index in [0.29, 0.717) is 6.42 Å². The first kappa shape index (κ1) is 16.1. The number of halogens is 1. The summed E-state index contributed by atoms with van der Waals surface area (Å²) >= 11 is 0. The van der Waals surface area contributed by atoms with Gasteiger partial charge in [0.1, 0.15) is 5.82 Å². The zero-order chi connectivity index (χ0) is 14.5. The minimum atomic E-state index is -3.38. The van der Waals surface area contributed by atoms with Crippen LogP contribution in [0.3, 0.4) is 0 Å². The SMILES string of the molecule is CCCNC(C)CC(C)S(=O)(=O)c1ccc(F)cc1. The molecule has 0 bridgehead atoms. The van der Waals surface area contributed by atoms with Gasteiger partial charge in [0.15, 0.2) is 9.84 Å². The molecule has 1 aromatic rings. The van der Waals surface area contributed by atoms with Crippen LogP contribution in [0.15, 0.2) is 29.2 Å². The van der Waals surface area contributed by atoms with Gasteiger partial charge < -0.3 is 5.32 Å². The Morgan fingerprint density at radius 1 is 1.21 bits per heavy atom. The van der Waals surface area contributed by atoms with E-state index >= 15 is 0 Å². The van der Waals surface area contributed by atoms with Crippen LogP contribution < -0.4 is 5.32 Å². The third kappa shape index (κ3) is 4.58. The van der Waals surface area contributed by atoms with Gasteiger partial charge in [-0.3, -0.25) is 0 Å². The van der Waals surface area contributed by atoms with Gasteiger partial charge in [-0.2, -0.15) is 0 Å². The summed E-state index contributed by atoms with van der Waals surface area (Å²) in [6, 6.07) is 5.15. The Bertz CT molecular complexity index is 485. The molecule has 0 spiro atoms. The van der Waals surface area contributed by atoms with Crippen LogP contribution >= 0.6 is 0 Å². The number of hydrogen-bond donors (Lipinski definition) is 1. The molecule has 0 amide bonds. The molecule has 0 aliphatic carbocycles. The number of benzene rings is 1. The lowest BCUT2D eigenvalue weighted by Gasteiger charge is -2.19. The zero-order valence-electron chi connectivity index (χ0n) is 11.7. The fourth-order valence-electron chi connectivity index (χ4n) is 1.96. The highest BCUT2D eigenvalue weighted by molar-refractivity contribution is 7.92. The maximum absolute atomic E-state index is 12.8. The van der Waals surface area contributed by atoms with Gasteiger partial charge in [0.05, 0.1) is 10.1 Å². The Morgan fingerprint density at radius 2 is 1.79 bits per heavy atom. The molecule has 0 saturated carbocycles. The third-order valence-electron chi connectivity index (χ3n) is 3.10. The Kier molecular flexibility index (Phi) is 5.94. The van der Waals surface area contributed by atoms with Crippen molar-refractivity contribution in [3.8, 4) is 0 Å². The van der Waals surface area contributed by atoms with Crippen molar-refractivity contribution in [2.45, 2.75) is 49.8 Å². The smallest absolute Gasteiger partial charge is 0.181 e. The Morgan fingerprint density at radius 3 is 2.32 bits per heavy atom. The molecule has 0 heterocycles. The molecule has 0 fully saturated rings. The van der Waals surface area contributed by atoms with Crippen molar-refractivity contribution in [2.24, 2.45) is 0 Å². The summed E-state index contributed by atoms with van der Waals surface area (Å²) in [6.45, 7) is 6.62. The highest BCUT2D eigenvalue weighted by Crippen LogP contribution is 2.19. The van der Waals surface area contributed by atoms with E-state index in [1.165, 1.54) is 24.3 Å². The van der Waals surface area contributed by atoms with Crippen molar-refractivity contribution in [3.05, 3.63) is 30.1 Å². The van der Waals surface area contributed by atoms with E-state index in [1.807, 2.05) is 6.92 Å². The van der Waals surface area contributed by atoms with Crippen molar-refractivity contribution in [1.82, 2.24) is 5.32 Å². The quantitative estimate of drug-likeness (QED) is 0.784. The van der Waals surface area contributed by atoms with Gasteiger partial charge >= 0.3 is 0 Å². The Labute approximate surface area is 115 Å². The van der Waals surface area contributed by atoms with Gasteiger partial charge in [-0.15, -0.1) is 0 Å². The van der Waals surface area contributed by atoms with Crippen molar-refractivity contribution in [2.75, 3.05) is 6.54 Å². The standard InChI is InChI=1S/C14H22FNO2S/c1-4-9-16-11(2)10-12(3)19(17,18)14-7-5-13(15)6-8-14/h5-8,11-12,16H,4,9-10H2,1-3H3. The molecule has 0 radical (unpaired) electrons. The lowest BCUT2D eigenvalue weighted by Crippen LogP contribution is -2.32. The molecule has 1 N–H and O–H groups in total. The number of rotatable bonds is 7. The number of hydrogen-bond acceptors (Lipinski definition) is 3. The van der Waals surface area contributed by atoms with E-state index in [0.717, 1.165) is 13.0 Å². The average molecular weight is 287 g/mol. The summed E-state index contributed by atoms with van der Waals surface area (Å²) in [6.07, 6.45) is 1.56. The fourth-order valence-corrected chi connectivity index (χ4v) is 3.48. The van der Waals surface area contributed by atoms with Gasteiger partial charge in [0.25, 0.3) is 0 Å². The van der Waals surface area contributed by atoms with Crippen LogP contribution in [-0.2, 0) is 9.84 Å². The molecule has 2 atom stereocenters. The highest BCUT2D eigenvalue weighted by Gasteiger charge is 2.24. The average Bonchev–Trinajstić information content (AvgIpc) is 2.36. The molecule has 0 aliphatic rings. The summed E-state index contributed by atoms with van der Waals surface area (Å²) in [5.41, 5.74) is 0. The second-order valence-electron chi connectivity index (χ2n) is 4.90. The molecule has 19 heavy (non-hydrogen) atoms. The molecular formula is C14H22FNO2S. The van der Waals surface area contributed by atoms with Gasteiger partial charge in [-0.1, -0.05) is 6.92 Å². The van der Waals surface area contributed by atoms with Crippen LogP contribution in [0.1, 0.15) is 33.6 Å². The zero-order valence-corrected chi connectivity index (χ0v) is 12.5. The largest absolute Gasteiger partial charge is 0.314 e. The van der Waals surface area contributed by atoms with Crippen LogP contribution in [0.25, 0.3) is 0 Å². The minimum Gasteiger partial charge on any atom is -0.314 e. The Hall–Kier alpha value is -0.940. The molecule has 3 nitrogen and oxygen atoms in total. The van der Waals surface area contributed by atoms with Crippen molar-refractivity contribution < 1.29 is 12.8 Å². The van der Waals surface area contributed by atoms with Gasteiger partial charge in [-0.25, -0.2) is 12.8 Å². The summed E-state index contributed by atoms with van der Waals surface area (Å²) < 4.78 is 37.4. The fraction of sp³-hybridized carbons (Fsp3) is 0.571. The van der Waals surface area contributed by atoms with Crippen LogP contribution in [-0.4, -0.2) is 26.3 Å². The van der Waals surface area contributed by atoms with E-state index in [2.05, 4.69) is 12.2 Å². The first-order valence-corrected chi connectivity index (χ1v) is 8.15. The van der Waals surface area contributed by atoms with Crippen LogP contribution in [0.4, 0.5) is 4.39 Å². The van der Waals surface area contributed by atoms with E-state index in [1.54, 1.807) is 6.92 Å². The third-order valence-corrected chi connectivity index (χ3v) is 5.28. The maximum atomic E-state index is 12.8. The predicted molar refractivity (Wildman–Crippen MR) is 75.4 cm³/mol. The van der Waals surface area contributed by atoms with Crippen LogP contribution in [0.5, 0.6) is 0 Å². The molecule has 108 valence electrons. The summed E-state index contributed by atoms with van der Waals surface area (Å²) in [5, 5.41) is 2.78. The van der Waals surface area contributed by atoms with Gasteiger partial charge in [0.2, 0.25) is 0 Å². The lowest BCUT2D eigenvalue weighted by atomic mass is 10.2. The summed E-state index contributed by atoms with van der Waals surface area (Å²) in [5.74, 6) is -0.426. The molecule has 1 aromatic carbocycles. The lowest BCUT2D eigenvalue weighted by molar-refractivity contribution is 0.497. The van der Waals surface area contributed by atoms with Crippen molar-refractivity contribution >= 4 is 9.84 Å². The predicted octanol–water partition coefficient (Wildman–Crippen LogP) is 2.77. The number of nitrogens with one attached hydrogen (secondary N) is 1. The summed E-state index contributed by atoms with van der Waals surface area (Å²) in [7, 11) is -3.38. The van der Waals surface area contributed by atoms with Gasteiger partial charge in [-0.05, 0) is 57.5 Å².